The van der Waals surface area contributed by atoms with Gasteiger partial charge < -0.3 is 9.47 Å². The maximum Gasteiger partial charge on any atom is 0.231 e. The van der Waals surface area contributed by atoms with Crippen LogP contribution in [0.4, 0.5) is 4.39 Å². The third-order valence-corrected chi connectivity index (χ3v) is 2.29. The topological polar surface area (TPSA) is 42.2 Å². The Morgan fingerprint density at radius 3 is 3.00 bits per heavy atom. The zero-order valence-electron chi connectivity index (χ0n) is 6.30. The molecule has 0 saturated heterocycles. The van der Waals surface area contributed by atoms with Crippen LogP contribution < -0.4 is 9.47 Å². The molecule has 0 atom stereocenters. The van der Waals surface area contributed by atoms with Gasteiger partial charge in [-0.1, -0.05) is 0 Å². The minimum absolute atomic E-state index is 0.00637. The van der Waals surface area contributed by atoms with Gasteiger partial charge >= 0.3 is 0 Å². The Labute approximate surface area is 81.8 Å². The van der Waals surface area contributed by atoms with E-state index in [1.807, 2.05) is 0 Å². The first-order chi connectivity index (χ1) is 6.24. The highest BCUT2D eigenvalue weighted by Crippen LogP contribution is 2.39. The van der Waals surface area contributed by atoms with E-state index in [2.05, 4.69) is 15.9 Å². The van der Waals surface area contributed by atoms with Crippen molar-refractivity contribution in [3.05, 3.63) is 21.9 Å². The molecule has 0 spiro atoms. The Morgan fingerprint density at radius 1 is 1.54 bits per heavy atom. The Hall–Kier alpha value is -1.28. The molecule has 0 saturated carbocycles. The first kappa shape index (κ1) is 8.32. The van der Waals surface area contributed by atoms with Gasteiger partial charge in [0.05, 0.1) is 0 Å². The molecule has 0 fully saturated rings. The van der Waals surface area contributed by atoms with Crippen LogP contribution in [0.3, 0.4) is 0 Å². The molecular weight excluding hydrogens is 241 g/mol. The predicted molar refractivity (Wildman–Crippen MR) is 44.9 cm³/mol. The molecule has 1 aliphatic rings. The second kappa shape index (κ2) is 2.89. The summed E-state index contributed by atoms with van der Waals surface area (Å²) in [5, 5.41) is 8.61. The summed E-state index contributed by atoms with van der Waals surface area (Å²) in [6.45, 7) is -0.00637. The maximum atomic E-state index is 13.4. The van der Waals surface area contributed by atoms with Crippen LogP contribution in [0.2, 0.25) is 0 Å². The summed E-state index contributed by atoms with van der Waals surface area (Å²) >= 11 is 3.06. The lowest BCUT2D eigenvalue weighted by molar-refractivity contribution is 0.171. The van der Waals surface area contributed by atoms with E-state index in [9.17, 15) is 4.39 Å². The summed E-state index contributed by atoms with van der Waals surface area (Å²) < 4.78 is 23.6. The van der Waals surface area contributed by atoms with E-state index < -0.39 is 5.82 Å². The first-order valence-corrected chi connectivity index (χ1v) is 4.21. The van der Waals surface area contributed by atoms with E-state index >= 15 is 0 Å². The number of hydrogen-bond acceptors (Lipinski definition) is 3. The molecule has 5 heteroatoms. The molecule has 0 amide bonds. The van der Waals surface area contributed by atoms with Crippen LogP contribution in [-0.2, 0) is 0 Å². The molecule has 1 aromatic rings. The number of benzene rings is 1. The summed E-state index contributed by atoms with van der Waals surface area (Å²) in [5.41, 5.74) is -0.0655. The lowest BCUT2D eigenvalue weighted by Crippen LogP contribution is -1.94. The van der Waals surface area contributed by atoms with E-state index in [1.165, 1.54) is 6.07 Å². The number of fused-ring (bicyclic) bond motifs is 1. The van der Waals surface area contributed by atoms with Crippen LogP contribution >= 0.6 is 15.9 Å². The molecule has 0 aromatic heterocycles. The van der Waals surface area contributed by atoms with Gasteiger partial charge in [-0.2, -0.15) is 5.26 Å². The highest BCUT2D eigenvalue weighted by atomic mass is 79.9. The summed E-state index contributed by atoms with van der Waals surface area (Å²) in [6, 6.07) is 3.25. The standard InChI is InChI=1S/C8H3BrFNO2/c9-5-1-6-8(13-3-12-6)7(10)4(5)2-11/h1H,3H2. The smallest absolute Gasteiger partial charge is 0.231 e. The van der Waals surface area contributed by atoms with Crippen LogP contribution in [0.15, 0.2) is 10.5 Å². The molecule has 0 bridgehead atoms. The fourth-order valence-corrected chi connectivity index (χ4v) is 1.55. The number of rotatable bonds is 0. The number of hydrogen-bond donors (Lipinski definition) is 0. The molecule has 1 aliphatic heterocycles. The first-order valence-electron chi connectivity index (χ1n) is 3.41. The Morgan fingerprint density at radius 2 is 2.31 bits per heavy atom. The van der Waals surface area contributed by atoms with E-state index in [-0.39, 0.29) is 18.1 Å². The van der Waals surface area contributed by atoms with Crippen molar-refractivity contribution in [3.63, 3.8) is 0 Å². The van der Waals surface area contributed by atoms with Crippen LogP contribution in [0, 0.1) is 17.1 Å². The van der Waals surface area contributed by atoms with E-state index in [1.54, 1.807) is 6.07 Å². The van der Waals surface area contributed by atoms with Crippen LogP contribution in [0.25, 0.3) is 0 Å². The minimum atomic E-state index is -0.677. The zero-order chi connectivity index (χ0) is 9.42. The number of nitriles is 1. The van der Waals surface area contributed by atoms with Crippen molar-refractivity contribution in [3.8, 4) is 17.6 Å². The maximum absolute atomic E-state index is 13.4. The molecule has 0 aliphatic carbocycles. The highest BCUT2D eigenvalue weighted by molar-refractivity contribution is 9.10. The van der Waals surface area contributed by atoms with Gasteiger partial charge in [-0.3, -0.25) is 0 Å². The second-order valence-electron chi connectivity index (χ2n) is 2.39. The van der Waals surface area contributed by atoms with Crippen LogP contribution in [0.5, 0.6) is 11.5 Å². The largest absolute Gasteiger partial charge is 0.453 e. The molecule has 66 valence electrons. The molecule has 1 heterocycles. The average molecular weight is 244 g/mol. The summed E-state index contributed by atoms with van der Waals surface area (Å²) in [6.07, 6.45) is 0. The van der Waals surface area contributed by atoms with Gasteiger partial charge in [-0.15, -0.1) is 0 Å². The number of ether oxygens (including phenoxy) is 2. The van der Waals surface area contributed by atoms with E-state index in [4.69, 9.17) is 14.7 Å². The van der Waals surface area contributed by atoms with Gasteiger partial charge in [0.2, 0.25) is 12.5 Å². The van der Waals surface area contributed by atoms with Crippen molar-refractivity contribution >= 4 is 15.9 Å². The average Bonchev–Trinajstić information content (AvgIpc) is 2.53. The minimum Gasteiger partial charge on any atom is -0.453 e. The SMILES string of the molecule is N#Cc1c(Br)cc2c(c1F)OCO2. The fourth-order valence-electron chi connectivity index (χ4n) is 1.08. The van der Waals surface area contributed by atoms with Gasteiger partial charge in [0, 0.05) is 4.47 Å². The van der Waals surface area contributed by atoms with Gasteiger partial charge in [0.15, 0.2) is 11.6 Å². The Balaban J connectivity index is 2.71. The summed E-state index contributed by atoms with van der Waals surface area (Å²) in [5.74, 6) is -0.340. The van der Waals surface area contributed by atoms with E-state index in [0.29, 0.717) is 10.2 Å². The lowest BCUT2D eigenvalue weighted by Gasteiger charge is -2.01. The second-order valence-corrected chi connectivity index (χ2v) is 3.25. The van der Waals surface area contributed by atoms with Crippen molar-refractivity contribution in [1.29, 1.82) is 5.26 Å². The monoisotopic (exact) mass is 243 g/mol. The molecule has 0 unspecified atom stereocenters. The van der Waals surface area contributed by atoms with Crippen molar-refractivity contribution in [2.45, 2.75) is 0 Å². The summed E-state index contributed by atoms with van der Waals surface area (Å²) in [4.78, 5) is 0. The molecular formula is C8H3BrFNO2. The molecule has 0 radical (unpaired) electrons. The van der Waals surface area contributed by atoms with Crippen molar-refractivity contribution in [2.24, 2.45) is 0 Å². The van der Waals surface area contributed by atoms with Crippen molar-refractivity contribution in [1.82, 2.24) is 0 Å². The lowest BCUT2D eigenvalue weighted by atomic mass is 10.2. The zero-order valence-corrected chi connectivity index (χ0v) is 7.89. The van der Waals surface area contributed by atoms with Crippen molar-refractivity contribution < 1.29 is 13.9 Å². The highest BCUT2D eigenvalue weighted by Gasteiger charge is 2.23. The Kier molecular flexibility index (Phi) is 1.85. The van der Waals surface area contributed by atoms with Crippen LogP contribution in [0.1, 0.15) is 5.56 Å². The van der Waals surface area contributed by atoms with E-state index in [0.717, 1.165) is 0 Å². The Bertz CT molecular complexity index is 413. The predicted octanol–water partition coefficient (Wildman–Crippen LogP) is 2.19. The third-order valence-electron chi connectivity index (χ3n) is 1.67. The van der Waals surface area contributed by atoms with Crippen molar-refractivity contribution in [2.75, 3.05) is 6.79 Å². The van der Waals surface area contributed by atoms with Gasteiger partial charge in [-0.05, 0) is 22.0 Å². The molecule has 1 aromatic carbocycles. The molecule has 2 rings (SSSR count). The van der Waals surface area contributed by atoms with Gasteiger partial charge in [0.25, 0.3) is 0 Å². The number of halogens is 2. The normalized spacial score (nSPS) is 12.7. The molecule has 0 N–H and O–H groups in total. The number of nitrogens with zero attached hydrogens (tertiary/aromatic N) is 1. The quantitative estimate of drug-likeness (QED) is 0.702. The van der Waals surface area contributed by atoms with Crippen LogP contribution in [-0.4, -0.2) is 6.79 Å². The third kappa shape index (κ3) is 1.14. The fraction of sp³-hybridized carbons (Fsp3) is 0.125. The van der Waals surface area contributed by atoms with Gasteiger partial charge in [0.1, 0.15) is 11.6 Å². The molecule has 13 heavy (non-hydrogen) atoms. The van der Waals surface area contributed by atoms with Gasteiger partial charge in [-0.25, -0.2) is 4.39 Å². The molecule has 3 nitrogen and oxygen atoms in total. The summed E-state index contributed by atoms with van der Waals surface area (Å²) in [7, 11) is 0.